The molecule has 0 saturated heterocycles. The van der Waals surface area contributed by atoms with E-state index in [0.717, 1.165) is 16.7 Å². The maximum Gasteiger partial charge on any atom is 0.185 e. The standard InChI is InChI=1S/C20H15NO2/c22-19-5-1-3-17(13-19)20(23)11-8-15-6-9-16(10-7-15)18-4-2-12-21-14-18/h1-14,22H/b11-8+. The zero-order valence-corrected chi connectivity index (χ0v) is 12.4. The molecule has 3 aromatic rings. The molecule has 112 valence electrons. The van der Waals surface area contributed by atoms with Crippen LogP contribution in [0.15, 0.2) is 79.1 Å². The van der Waals surface area contributed by atoms with Gasteiger partial charge in [-0.25, -0.2) is 0 Å². The van der Waals surface area contributed by atoms with Gasteiger partial charge in [-0.15, -0.1) is 0 Å². The van der Waals surface area contributed by atoms with Crippen molar-refractivity contribution in [2.24, 2.45) is 0 Å². The minimum absolute atomic E-state index is 0.0880. The number of hydrogen-bond acceptors (Lipinski definition) is 3. The summed E-state index contributed by atoms with van der Waals surface area (Å²) in [6.07, 6.45) is 6.83. The normalized spacial score (nSPS) is 10.8. The second-order valence-corrected chi connectivity index (χ2v) is 5.11. The number of pyridine rings is 1. The third-order valence-electron chi connectivity index (χ3n) is 3.46. The van der Waals surface area contributed by atoms with Crippen molar-refractivity contribution in [3.63, 3.8) is 0 Å². The lowest BCUT2D eigenvalue weighted by Crippen LogP contribution is -1.93. The average Bonchev–Trinajstić information content (AvgIpc) is 2.61. The molecule has 0 aliphatic heterocycles. The number of ketones is 1. The molecule has 1 heterocycles. The number of benzene rings is 2. The highest BCUT2D eigenvalue weighted by atomic mass is 16.3. The summed E-state index contributed by atoms with van der Waals surface area (Å²) >= 11 is 0. The quantitative estimate of drug-likeness (QED) is 0.575. The summed E-state index contributed by atoms with van der Waals surface area (Å²) in [4.78, 5) is 16.2. The number of phenolic OH excluding ortho intramolecular Hbond substituents is 1. The molecule has 3 heteroatoms. The Bertz CT molecular complexity index is 837. The van der Waals surface area contributed by atoms with Crippen LogP contribution >= 0.6 is 0 Å². The van der Waals surface area contributed by atoms with Gasteiger partial charge in [0.1, 0.15) is 5.75 Å². The molecule has 0 fully saturated rings. The lowest BCUT2D eigenvalue weighted by molar-refractivity contribution is 0.104. The van der Waals surface area contributed by atoms with Crippen LogP contribution in [0.4, 0.5) is 0 Å². The van der Waals surface area contributed by atoms with Gasteiger partial charge >= 0.3 is 0 Å². The Hall–Kier alpha value is -3.20. The molecular weight excluding hydrogens is 286 g/mol. The van der Waals surface area contributed by atoms with Gasteiger partial charge in [0.2, 0.25) is 0 Å². The van der Waals surface area contributed by atoms with E-state index >= 15 is 0 Å². The van der Waals surface area contributed by atoms with Crippen molar-refractivity contribution >= 4 is 11.9 Å². The van der Waals surface area contributed by atoms with Crippen molar-refractivity contribution in [1.29, 1.82) is 0 Å². The summed E-state index contributed by atoms with van der Waals surface area (Å²) in [6, 6.07) is 18.1. The van der Waals surface area contributed by atoms with Crippen molar-refractivity contribution in [3.05, 3.63) is 90.3 Å². The Kier molecular flexibility index (Phi) is 4.29. The van der Waals surface area contributed by atoms with Crippen LogP contribution in [0.25, 0.3) is 17.2 Å². The molecule has 1 N–H and O–H groups in total. The largest absolute Gasteiger partial charge is 0.508 e. The van der Waals surface area contributed by atoms with Gasteiger partial charge in [0.25, 0.3) is 0 Å². The molecule has 0 saturated carbocycles. The van der Waals surface area contributed by atoms with Gasteiger partial charge in [0.15, 0.2) is 5.78 Å². The zero-order valence-electron chi connectivity index (χ0n) is 12.4. The SMILES string of the molecule is O=C(/C=C/c1ccc(-c2cccnc2)cc1)c1cccc(O)c1. The Morgan fingerprint density at radius 3 is 2.48 bits per heavy atom. The van der Waals surface area contributed by atoms with Crippen molar-refractivity contribution in [2.75, 3.05) is 0 Å². The van der Waals surface area contributed by atoms with E-state index in [1.54, 1.807) is 24.4 Å². The number of aromatic hydroxyl groups is 1. The van der Waals surface area contributed by atoms with E-state index in [4.69, 9.17) is 0 Å². The highest BCUT2D eigenvalue weighted by molar-refractivity contribution is 6.07. The van der Waals surface area contributed by atoms with Crippen molar-refractivity contribution < 1.29 is 9.90 Å². The fourth-order valence-electron chi connectivity index (χ4n) is 2.25. The predicted molar refractivity (Wildman–Crippen MR) is 91.1 cm³/mol. The minimum atomic E-state index is -0.141. The molecule has 2 aromatic carbocycles. The molecular formula is C20H15NO2. The number of carbonyl (C=O) groups is 1. The van der Waals surface area contributed by atoms with E-state index in [-0.39, 0.29) is 11.5 Å². The number of allylic oxidation sites excluding steroid dienone is 1. The second kappa shape index (κ2) is 6.71. The molecule has 3 rings (SSSR count). The van der Waals surface area contributed by atoms with Crippen molar-refractivity contribution in [2.45, 2.75) is 0 Å². The third-order valence-corrected chi connectivity index (χ3v) is 3.46. The summed E-state index contributed by atoms with van der Waals surface area (Å²) in [5.41, 5.74) is 3.53. The van der Waals surface area contributed by atoms with E-state index in [0.29, 0.717) is 5.56 Å². The summed E-state index contributed by atoms with van der Waals surface area (Å²) in [5, 5.41) is 9.40. The van der Waals surface area contributed by atoms with Gasteiger partial charge in [-0.05, 0) is 41.0 Å². The summed E-state index contributed by atoms with van der Waals surface area (Å²) in [6.45, 7) is 0. The second-order valence-electron chi connectivity index (χ2n) is 5.11. The van der Waals surface area contributed by atoms with E-state index in [1.165, 1.54) is 18.2 Å². The van der Waals surface area contributed by atoms with Crippen LogP contribution in [0.5, 0.6) is 5.75 Å². The summed E-state index contributed by atoms with van der Waals surface area (Å²) < 4.78 is 0. The smallest absolute Gasteiger partial charge is 0.185 e. The van der Waals surface area contributed by atoms with Crippen LogP contribution in [-0.2, 0) is 0 Å². The molecule has 3 nitrogen and oxygen atoms in total. The zero-order chi connectivity index (χ0) is 16.1. The van der Waals surface area contributed by atoms with Gasteiger partial charge in [0.05, 0.1) is 0 Å². The minimum Gasteiger partial charge on any atom is -0.508 e. The topological polar surface area (TPSA) is 50.2 Å². The third kappa shape index (κ3) is 3.71. The molecule has 0 aliphatic rings. The van der Waals surface area contributed by atoms with Gasteiger partial charge in [-0.1, -0.05) is 48.5 Å². The molecule has 0 atom stereocenters. The van der Waals surface area contributed by atoms with Crippen LogP contribution < -0.4 is 0 Å². The van der Waals surface area contributed by atoms with E-state index < -0.39 is 0 Å². The summed E-state index contributed by atoms with van der Waals surface area (Å²) in [5.74, 6) is -0.0534. The fraction of sp³-hybridized carbons (Fsp3) is 0. The lowest BCUT2D eigenvalue weighted by atomic mass is 10.0. The molecule has 0 unspecified atom stereocenters. The molecule has 1 aromatic heterocycles. The van der Waals surface area contributed by atoms with E-state index in [2.05, 4.69) is 4.98 Å². The first kappa shape index (κ1) is 14.7. The number of nitrogens with zero attached hydrogens (tertiary/aromatic N) is 1. The van der Waals surface area contributed by atoms with Crippen LogP contribution in [0.3, 0.4) is 0 Å². The summed E-state index contributed by atoms with van der Waals surface area (Å²) in [7, 11) is 0. The first-order valence-corrected chi connectivity index (χ1v) is 7.24. The Morgan fingerprint density at radius 2 is 1.78 bits per heavy atom. The van der Waals surface area contributed by atoms with E-state index in [9.17, 15) is 9.90 Å². The highest BCUT2D eigenvalue weighted by Crippen LogP contribution is 2.19. The number of phenols is 1. The number of hydrogen-bond donors (Lipinski definition) is 1. The molecule has 0 bridgehead atoms. The van der Waals surface area contributed by atoms with Crippen LogP contribution in [0.1, 0.15) is 15.9 Å². The van der Waals surface area contributed by atoms with Gasteiger partial charge in [-0.2, -0.15) is 0 Å². The van der Waals surface area contributed by atoms with Crippen LogP contribution in [0.2, 0.25) is 0 Å². The Morgan fingerprint density at radius 1 is 0.957 bits per heavy atom. The number of aromatic nitrogens is 1. The maximum atomic E-state index is 12.1. The van der Waals surface area contributed by atoms with Gasteiger partial charge < -0.3 is 5.11 Å². The first-order valence-electron chi connectivity index (χ1n) is 7.24. The van der Waals surface area contributed by atoms with Crippen LogP contribution in [0, 0.1) is 0 Å². The molecule has 0 spiro atoms. The number of carbonyl (C=O) groups excluding carboxylic acids is 1. The Labute approximate surface area is 134 Å². The van der Waals surface area contributed by atoms with Gasteiger partial charge in [-0.3, -0.25) is 9.78 Å². The van der Waals surface area contributed by atoms with Gasteiger partial charge in [0, 0.05) is 18.0 Å². The Balaban J connectivity index is 1.74. The van der Waals surface area contributed by atoms with Crippen molar-refractivity contribution in [3.8, 4) is 16.9 Å². The predicted octanol–water partition coefficient (Wildman–Crippen LogP) is 4.35. The maximum absolute atomic E-state index is 12.1. The molecule has 0 radical (unpaired) electrons. The first-order chi connectivity index (χ1) is 11.2. The molecule has 23 heavy (non-hydrogen) atoms. The molecule has 0 aliphatic carbocycles. The monoisotopic (exact) mass is 301 g/mol. The highest BCUT2D eigenvalue weighted by Gasteiger charge is 2.02. The lowest BCUT2D eigenvalue weighted by Gasteiger charge is -2.01. The van der Waals surface area contributed by atoms with Crippen molar-refractivity contribution in [1.82, 2.24) is 4.98 Å². The van der Waals surface area contributed by atoms with E-state index in [1.807, 2.05) is 42.6 Å². The fourth-order valence-corrected chi connectivity index (χ4v) is 2.25. The van der Waals surface area contributed by atoms with Crippen LogP contribution in [-0.4, -0.2) is 15.9 Å². The average molecular weight is 301 g/mol. The molecule has 0 amide bonds. The number of rotatable bonds is 4.